The fourth-order valence-corrected chi connectivity index (χ4v) is 2.43. The Balaban J connectivity index is 2.21. The number of aryl methyl sites for hydroxylation is 1. The van der Waals surface area contributed by atoms with Gasteiger partial charge in [-0.25, -0.2) is 4.98 Å². The SMILES string of the molecule is CCCCCNc1nc(N)nc(C)c1Cc1cccc(O)c1. The average molecular weight is 300 g/mol. The lowest BCUT2D eigenvalue weighted by Crippen LogP contribution is -2.11. The molecule has 0 amide bonds. The molecule has 5 nitrogen and oxygen atoms in total. The first kappa shape index (κ1) is 16.1. The molecule has 0 aliphatic carbocycles. The lowest BCUT2D eigenvalue weighted by atomic mass is 10.0. The Labute approximate surface area is 131 Å². The summed E-state index contributed by atoms with van der Waals surface area (Å²) in [5.74, 6) is 1.35. The van der Waals surface area contributed by atoms with Crippen LogP contribution in [-0.4, -0.2) is 21.6 Å². The summed E-state index contributed by atoms with van der Waals surface area (Å²) in [5.41, 5.74) is 8.69. The molecule has 118 valence electrons. The molecule has 0 saturated heterocycles. The maximum absolute atomic E-state index is 9.61. The number of unbranched alkanes of at least 4 members (excludes halogenated alkanes) is 2. The van der Waals surface area contributed by atoms with E-state index in [4.69, 9.17) is 5.73 Å². The van der Waals surface area contributed by atoms with Crippen molar-refractivity contribution in [1.29, 1.82) is 0 Å². The monoisotopic (exact) mass is 300 g/mol. The largest absolute Gasteiger partial charge is 0.508 e. The Morgan fingerprint density at radius 3 is 2.77 bits per heavy atom. The second-order valence-corrected chi connectivity index (χ2v) is 5.47. The molecule has 0 aliphatic heterocycles. The van der Waals surface area contributed by atoms with Gasteiger partial charge < -0.3 is 16.2 Å². The number of phenols is 1. The maximum atomic E-state index is 9.61. The highest BCUT2D eigenvalue weighted by molar-refractivity contribution is 5.51. The number of nitrogen functional groups attached to an aromatic ring is 1. The Morgan fingerprint density at radius 2 is 2.05 bits per heavy atom. The molecule has 4 N–H and O–H groups in total. The molecule has 0 bridgehead atoms. The summed E-state index contributed by atoms with van der Waals surface area (Å²) in [7, 11) is 0. The molecule has 1 aromatic carbocycles. The van der Waals surface area contributed by atoms with Gasteiger partial charge >= 0.3 is 0 Å². The molecule has 0 atom stereocenters. The molecule has 0 aliphatic rings. The number of rotatable bonds is 7. The van der Waals surface area contributed by atoms with Gasteiger partial charge in [0.15, 0.2) is 0 Å². The number of anilines is 2. The van der Waals surface area contributed by atoms with Gasteiger partial charge in [0.25, 0.3) is 0 Å². The number of phenolic OH excluding ortho intramolecular Hbond substituents is 1. The van der Waals surface area contributed by atoms with Gasteiger partial charge in [-0.15, -0.1) is 0 Å². The van der Waals surface area contributed by atoms with Crippen LogP contribution in [0.15, 0.2) is 24.3 Å². The minimum absolute atomic E-state index is 0.268. The second-order valence-electron chi connectivity index (χ2n) is 5.47. The topological polar surface area (TPSA) is 84.1 Å². The van der Waals surface area contributed by atoms with E-state index in [-0.39, 0.29) is 11.7 Å². The smallest absolute Gasteiger partial charge is 0.222 e. The van der Waals surface area contributed by atoms with Gasteiger partial charge in [-0.05, 0) is 31.0 Å². The first-order valence-corrected chi connectivity index (χ1v) is 7.75. The predicted molar refractivity (Wildman–Crippen MR) is 90.1 cm³/mol. The quantitative estimate of drug-likeness (QED) is 0.683. The standard InChI is InChI=1S/C17H24N4O/c1-3-4-5-9-19-16-15(12(2)20-17(18)21-16)11-13-7-6-8-14(22)10-13/h6-8,10,22H,3-5,9,11H2,1-2H3,(H3,18,19,20,21). The summed E-state index contributed by atoms with van der Waals surface area (Å²) in [6.45, 7) is 4.99. The van der Waals surface area contributed by atoms with Crippen molar-refractivity contribution in [2.24, 2.45) is 0 Å². The van der Waals surface area contributed by atoms with Gasteiger partial charge in [0, 0.05) is 24.2 Å². The molecule has 22 heavy (non-hydrogen) atoms. The van der Waals surface area contributed by atoms with Crippen molar-refractivity contribution in [2.75, 3.05) is 17.6 Å². The fourth-order valence-electron chi connectivity index (χ4n) is 2.43. The third kappa shape index (κ3) is 4.35. The normalized spacial score (nSPS) is 10.6. The van der Waals surface area contributed by atoms with E-state index in [2.05, 4.69) is 22.2 Å². The van der Waals surface area contributed by atoms with Gasteiger partial charge in [-0.2, -0.15) is 4.98 Å². The maximum Gasteiger partial charge on any atom is 0.222 e. The summed E-state index contributed by atoms with van der Waals surface area (Å²) >= 11 is 0. The van der Waals surface area contributed by atoms with Gasteiger partial charge in [-0.1, -0.05) is 31.9 Å². The summed E-state index contributed by atoms with van der Waals surface area (Å²) in [6, 6.07) is 7.25. The molecule has 1 aromatic heterocycles. The first-order valence-electron chi connectivity index (χ1n) is 7.75. The van der Waals surface area contributed by atoms with E-state index in [0.29, 0.717) is 6.42 Å². The van der Waals surface area contributed by atoms with Crippen LogP contribution in [0.25, 0.3) is 0 Å². The average Bonchev–Trinajstić information content (AvgIpc) is 2.47. The number of aromatic hydroxyl groups is 1. The van der Waals surface area contributed by atoms with E-state index in [0.717, 1.165) is 35.6 Å². The molecule has 0 unspecified atom stereocenters. The van der Waals surface area contributed by atoms with Crippen LogP contribution in [-0.2, 0) is 6.42 Å². The highest BCUT2D eigenvalue weighted by atomic mass is 16.3. The summed E-state index contributed by atoms with van der Waals surface area (Å²) < 4.78 is 0. The van der Waals surface area contributed by atoms with E-state index in [1.807, 2.05) is 19.1 Å². The van der Waals surface area contributed by atoms with E-state index in [1.54, 1.807) is 12.1 Å². The second kappa shape index (κ2) is 7.64. The van der Waals surface area contributed by atoms with Crippen LogP contribution in [0.2, 0.25) is 0 Å². The zero-order chi connectivity index (χ0) is 15.9. The molecule has 2 aromatic rings. The van der Waals surface area contributed by atoms with Crippen LogP contribution < -0.4 is 11.1 Å². The van der Waals surface area contributed by atoms with Crippen molar-refractivity contribution >= 4 is 11.8 Å². The molecule has 2 rings (SSSR count). The molecule has 5 heteroatoms. The predicted octanol–water partition coefficient (Wildman–Crippen LogP) is 3.27. The number of hydrogen-bond donors (Lipinski definition) is 3. The van der Waals surface area contributed by atoms with Crippen LogP contribution in [0.4, 0.5) is 11.8 Å². The van der Waals surface area contributed by atoms with Crippen molar-refractivity contribution in [3.63, 3.8) is 0 Å². The summed E-state index contributed by atoms with van der Waals surface area (Å²) in [5, 5.41) is 13.0. The van der Waals surface area contributed by atoms with E-state index in [9.17, 15) is 5.11 Å². The number of benzene rings is 1. The zero-order valence-corrected chi connectivity index (χ0v) is 13.3. The van der Waals surface area contributed by atoms with Crippen molar-refractivity contribution < 1.29 is 5.11 Å². The van der Waals surface area contributed by atoms with E-state index in [1.165, 1.54) is 12.8 Å². The van der Waals surface area contributed by atoms with E-state index < -0.39 is 0 Å². The Morgan fingerprint density at radius 1 is 1.23 bits per heavy atom. The minimum Gasteiger partial charge on any atom is -0.508 e. The van der Waals surface area contributed by atoms with E-state index >= 15 is 0 Å². The molecular weight excluding hydrogens is 276 g/mol. The van der Waals surface area contributed by atoms with Crippen molar-refractivity contribution in [3.8, 4) is 5.75 Å². The number of aromatic nitrogens is 2. The van der Waals surface area contributed by atoms with Crippen molar-refractivity contribution in [1.82, 2.24) is 9.97 Å². The van der Waals surface area contributed by atoms with Gasteiger partial charge in [0.2, 0.25) is 5.95 Å². The molecule has 0 saturated carbocycles. The van der Waals surface area contributed by atoms with Crippen LogP contribution in [0.5, 0.6) is 5.75 Å². The summed E-state index contributed by atoms with van der Waals surface area (Å²) in [6.07, 6.45) is 4.14. The third-order valence-corrected chi connectivity index (χ3v) is 3.60. The number of nitrogens with two attached hydrogens (primary N) is 1. The fraction of sp³-hybridized carbons (Fsp3) is 0.412. The number of hydrogen-bond acceptors (Lipinski definition) is 5. The highest BCUT2D eigenvalue weighted by Gasteiger charge is 2.11. The van der Waals surface area contributed by atoms with Crippen LogP contribution >= 0.6 is 0 Å². The third-order valence-electron chi connectivity index (χ3n) is 3.60. The molecule has 0 radical (unpaired) electrons. The molecule has 1 heterocycles. The van der Waals surface area contributed by atoms with Gasteiger partial charge in [-0.3, -0.25) is 0 Å². The van der Waals surface area contributed by atoms with Crippen LogP contribution in [0, 0.1) is 6.92 Å². The van der Waals surface area contributed by atoms with Gasteiger partial charge in [0.1, 0.15) is 11.6 Å². The van der Waals surface area contributed by atoms with Crippen LogP contribution in [0.1, 0.15) is 43.0 Å². The number of nitrogens with one attached hydrogen (secondary N) is 1. The van der Waals surface area contributed by atoms with Gasteiger partial charge in [0.05, 0.1) is 0 Å². The van der Waals surface area contributed by atoms with Crippen LogP contribution in [0.3, 0.4) is 0 Å². The number of nitrogens with zero attached hydrogens (tertiary/aromatic N) is 2. The Hall–Kier alpha value is -2.30. The molecular formula is C17H24N4O. The first-order chi connectivity index (χ1) is 10.6. The Bertz CT molecular complexity index is 628. The van der Waals surface area contributed by atoms with Crippen molar-refractivity contribution in [2.45, 2.75) is 39.5 Å². The van der Waals surface area contributed by atoms with Crippen molar-refractivity contribution in [3.05, 3.63) is 41.1 Å². The zero-order valence-electron chi connectivity index (χ0n) is 13.3. The minimum atomic E-state index is 0.268. The molecule has 0 spiro atoms. The lowest BCUT2D eigenvalue weighted by Gasteiger charge is -2.14. The lowest BCUT2D eigenvalue weighted by molar-refractivity contribution is 0.474. The highest BCUT2D eigenvalue weighted by Crippen LogP contribution is 2.23. The Kier molecular flexibility index (Phi) is 5.58. The molecule has 0 fully saturated rings. The summed E-state index contributed by atoms with van der Waals surface area (Å²) in [4.78, 5) is 8.60.